The molecule has 3 nitrogen and oxygen atoms in total. The average molecular weight is 246 g/mol. The minimum Gasteiger partial charge on any atom is -0.338 e. The van der Waals surface area contributed by atoms with Crippen molar-refractivity contribution in [2.75, 3.05) is 6.54 Å². The lowest BCUT2D eigenvalue weighted by Crippen LogP contribution is -2.38. The molecule has 0 aromatic heterocycles. The second-order valence-electron chi connectivity index (χ2n) is 5.17. The first kappa shape index (κ1) is 12.9. The highest BCUT2D eigenvalue weighted by atomic mass is 16.2. The van der Waals surface area contributed by atoms with E-state index in [1.54, 1.807) is 0 Å². The van der Waals surface area contributed by atoms with E-state index in [1.165, 1.54) is 24.0 Å². The number of benzene rings is 1. The first-order valence-corrected chi connectivity index (χ1v) is 6.80. The van der Waals surface area contributed by atoms with Gasteiger partial charge < -0.3 is 10.6 Å². The van der Waals surface area contributed by atoms with Crippen LogP contribution in [0.1, 0.15) is 43.4 Å². The summed E-state index contributed by atoms with van der Waals surface area (Å²) in [5, 5.41) is 5.98. The number of amides is 2. The molecule has 0 unspecified atom stereocenters. The van der Waals surface area contributed by atoms with Gasteiger partial charge in [0, 0.05) is 6.54 Å². The smallest absolute Gasteiger partial charge is 0.315 e. The van der Waals surface area contributed by atoms with Crippen LogP contribution >= 0.6 is 0 Å². The zero-order valence-electron chi connectivity index (χ0n) is 11.2. The third-order valence-electron chi connectivity index (χ3n) is 3.44. The average Bonchev–Trinajstić information content (AvgIpc) is 3.19. The normalized spacial score (nSPS) is 16.1. The molecule has 1 aliphatic carbocycles. The Morgan fingerprint density at radius 3 is 2.56 bits per heavy atom. The van der Waals surface area contributed by atoms with Gasteiger partial charge in [0.2, 0.25) is 0 Å². The summed E-state index contributed by atoms with van der Waals surface area (Å²) in [6, 6.07) is 8.40. The number of carbonyl (C=O) groups is 1. The number of rotatable bonds is 5. The molecule has 1 atom stereocenters. The lowest BCUT2D eigenvalue weighted by atomic mass is 10.0. The van der Waals surface area contributed by atoms with Crippen molar-refractivity contribution in [1.82, 2.24) is 10.6 Å². The van der Waals surface area contributed by atoms with Gasteiger partial charge in [-0.05, 0) is 37.7 Å². The molecule has 1 saturated carbocycles. The molecule has 3 heteroatoms. The van der Waals surface area contributed by atoms with Crippen LogP contribution in [0.4, 0.5) is 4.79 Å². The van der Waals surface area contributed by atoms with Gasteiger partial charge in [0.15, 0.2) is 0 Å². The summed E-state index contributed by atoms with van der Waals surface area (Å²) in [6.07, 6.45) is 3.42. The molecule has 0 heterocycles. The topological polar surface area (TPSA) is 41.1 Å². The van der Waals surface area contributed by atoms with Gasteiger partial charge in [0.1, 0.15) is 0 Å². The molecule has 18 heavy (non-hydrogen) atoms. The predicted octanol–water partition coefficient (Wildman–Crippen LogP) is 3.16. The molecule has 1 aliphatic rings. The summed E-state index contributed by atoms with van der Waals surface area (Å²) in [5.41, 5.74) is 2.41. The Kier molecular flexibility index (Phi) is 4.24. The third-order valence-corrected chi connectivity index (χ3v) is 3.44. The van der Waals surface area contributed by atoms with Crippen molar-refractivity contribution >= 4 is 6.03 Å². The molecule has 2 N–H and O–H groups in total. The van der Waals surface area contributed by atoms with Gasteiger partial charge in [-0.3, -0.25) is 0 Å². The summed E-state index contributed by atoms with van der Waals surface area (Å²) in [7, 11) is 0. The Bertz CT molecular complexity index is 395. The van der Waals surface area contributed by atoms with Crippen molar-refractivity contribution in [3.63, 3.8) is 0 Å². The molecule has 0 saturated heterocycles. The van der Waals surface area contributed by atoms with E-state index >= 15 is 0 Å². The quantitative estimate of drug-likeness (QED) is 0.823. The molecule has 0 radical (unpaired) electrons. The summed E-state index contributed by atoms with van der Waals surface area (Å²) in [6.45, 7) is 4.97. The fourth-order valence-corrected chi connectivity index (χ4v) is 1.99. The van der Waals surface area contributed by atoms with Crippen molar-refractivity contribution < 1.29 is 4.79 Å². The standard InChI is InChI=1S/C15H22N2O/c1-3-14(13-8-4-11(2)5-9-13)17-15(18)16-10-12-6-7-12/h4-5,8-9,12,14H,3,6-7,10H2,1-2H3,(H2,16,17,18)/t14-/m0/s1. The second-order valence-corrected chi connectivity index (χ2v) is 5.17. The lowest BCUT2D eigenvalue weighted by Gasteiger charge is -2.18. The Hall–Kier alpha value is -1.51. The van der Waals surface area contributed by atoms with E-state index in [2.05, 4.69) is 48.7 Å². The van der Waals surface area contributed by atoms with Gasteiger partial charge >= 0.3 is 6.03 Å². The monoisotopic (exact) mass is 246 g/mol. The van der Waals surface area contributed by atoms with Crippen molar-refractivity contribution in [2.45, 2.75) is 39.2 Å². The van der Waals surface area contributed by atoms with Crippen LogP contribution in [0.5, 0.6) is 0 Å². The van der Waals surface area contributed by atoms with Crippen molar-refractivity contribution in [2.24, 2.45) is 5.92 Å². The van der Waals surface area contributed by atoms with E-state index in [1.807, 2.05) is 0 Å². The highest BCUT2D eigenvalue weighted by molar-refractivity contribution is 5.74. The Labute approximate surface area is 109 Å². The summed E-state index contributed by atoms with van der Waals surface area (Å²) >= 11 is 0. The van der Waals surface area contributed by atoms with Crippen LogP contribution in [0.25, 0.3) is 0 Å². The number of hydrogen-bond donors (Lipinski definition) is 2. The molecule has 0 aliphatic heterocycles. The first-order chi connectivity index (χ1) is 8.69. The summed E-state index contributed by atoms with van der Waals surface area (Å²) in [5.74, 6) is 0.718. The van der Waals surface area contributed by atoms with Gasteiger partial charge in [-0.15, -0.1) is 0 Å². The third kappa shape index (κ3) is 3.76. The molecule has 1 aromatic rings. The molecule has 1 fully saturated rings. The molecular weight excluding hydrogens is 224 g/mol. The SMILES string of the molecule is CC[C@H](NC(=O)NCC1CC1)c1ccc(C)cc1. The Morgan fingerprint density at radius 1 is 1.33 bits per heavy atom. The Morgan fingerprint density at radius 2 is 2.00 bits per heavy atom. The van der Waals surface area contributed by atoms with E-state index in [0.717, 1.165) is 18.9 Å². The van der Waals surface area contributed by atoms with Crippen LogP contribution in [0.2, 0.25) is 0 Å². The van der Waals surface area contributed by atoms with Crippen LogP contribution in [0, 0.1) is 12.8 Å². The van der Waals surface area contributed by atoms with Crippen molar-refractivity contribution in [3.05, 3.63) is 35.4 Å². The Balaban J connectivity index is 1.87. The first-order valence-electron chi connectivity index (χ1n) is 6.80. The van der Waals surface area contributed by atoms with E-state index in [9.17, 15) is 4.79 Å². The minimum absolute atomic E-state index is 0.0469. The number of urea groups is 1. The number of hydrogen-bond acceptors (Lipinski definition) is 1. The van der Waals surface area contributed by atoms with Crippen LogP contribution in [0.3, 0.4) is 0 Å². The highest BCUT2D eigenvalue weighted by Gasteiger charge is 2.22. The number of aryl methyl sites for hydroxylation is 1. The zero-order valence-corrected chi connectivity index (χ0v) is 11.2. The van der Waals surface area contributed by atoms with E-state index in [4.69, 9.17) is 0 Å². The zero-order chi connectivity index (χ0) is 13.0. The van der Waals surface area contributed by atoms with Crippen LogP contribution in [0.15, 0.2) is 24.3 Å². The van der Waals surface area contributed by atoms with Gasteiger partial charge in [-0.1, -0.05) is 36.8 Å². The molecule has 1 aromatic carbocycles. The molecule has 98 valence electrons. The fourth-order valence-electron chi connectivity index (χ4n) is 1.99. The van der Waals surface area contributed by atoms with E-state index in [-0.39, 0.29) is 12.1 Å². The summed E-state index contributed by atoms with van der Waals surface area (Å²) in [4.78, 5) is 11.8. The van der Waals surface area contributed by atoms with E-state index < -0.39 is 0 Å². The fraction of sp³-hybridized carbons (Fsp3) is 0.533. The van der Waals surface area contributed by atoms with Crippen molar-refractivity contribution in [3.8, 4) is 0 Å². The second kappa shape index (κ2) is 5.89. The predicted molar refractivity (Wildman–Crippen MR) is 73.5 cm³/mol. The summed E-state index contributed by atoms with van der Waals surface area (Å²) < 4.78 is 0. The lowest BCUT2D eigenvalue weighted by molar-refractivity contribution is 0.236. The number of nitrogens with one attached hydrogen (secondary N) is 2. The van der Waals surface area contributed by atoms with Crippen molar-refractivity contribution in [1.29, 1.82) is 0 Å². The maximum Gasteiger partial charge on any atom is 0.315 e. The highest BCUT2D eigenvalue weighted by Crippen LogP contribution is 2.27. The van der Waals surface area contributed by atoms with Crippen LogP contribution in [-0.2, 0) is 0 Å². The maximum absolute atomic E-state index is 11.8. The van der Waals surface area contributed by atoms with Gasteiger partial charge in [0.05, 0.1) is 6.04 Å². The molecule has 0 bridgehead atoms. The molecule has 0 spiro atoms. The van der Waals surface area contributed by atoms with Crippen LogP contribution in [-0.4, -0.2) is 12.6 Å². The van der Waals surface area contributed by atoms with E-state index in [0.29, 0.717) is 0 Å². The van der Waals surface area contributed by atoms with Crippen LogP contribution < -0.4 is 10.6 Å². The molecule has 2 amide bonds. The molecular formula is C15H22N2O. The van der Waals surface area contributed by atoms with Gasteiger partial charge in [-0.2, -0.15) is 0 Å². The number of carbonyl (C=O) groups excluding carboxylic acids is 1. The van der Waals surface area contributed by atoms with Gasteiger partial charge in [0.25, 0.3) is 0 Å². The molecule has 2 rings (SSSR count). The largest absolute Gasteiger partial charge is 0.338 e. The maximum atomic E-state index is 11.8. The minimum atomic E-state index is -0.0469. The van der Waals surface area contributed by atoms with Gasteiger partial charge in [-0.25, -0.2) is 4.79 Å².